The summed E-state index contributed by atoms with van der Waals surface area (Å²) in [6, 6.07) is 23.9. The topological polar surface area (TPSA) is 187 Å². The molecule has 51 heavy (non-hydrogen) atoms. The van der Waals surface area contributed by atoms with E-state index in [1.807, 2.05) is 76.4 Å². The van der Waals surface area contributed by atoms with E-state index in [2.05, 4.69) is 23.8 Å². The molecule has 0 spiro atoms. The van der Waals surface area contributed by atoms with Crippen LogP contribution in [0.3, 0.4) is 0 Å². The average Bonchev–Trinajstić information content (AvgIpc) is 3.57. The predicted molar refractivity (Wildman–Crippen MR) is 187 cm³/mol. The highest BCUT2D eigenvalue weighted by molar-refractivity contribution is 7.83. The first-order valence-electron chi connectivity index (χ1n) is 16.9. The zero-order chi connectivity index (χ0) is 36.6. The number of hydrogen-bond donors (Lipinski definition) is 1. The summed E-state index contributed by atoms with van der Waals surface area (Å²) in [5.74, 6) is 0.817. The van der Waals surface area contributed by atoms with E-state index in [0.29, 0.717) is 43.9 Å². The number of imidazole rings is 1. The van der Waals surface area contributed by atoms with E-state index in [-0.39, 0.29) is 23.4 Å². The Morgan fingerprint density at radius 2 is 1.75 bits per heavy atom. The quantitative estimate of drug-likeness (QED) is 0.0704. The molecule has 5 rings (SSSR count). The second kappa shape index (κ2) is 19.3. The summed E-state index contributed by atoms with van der Waals surface area (Å²) < 4.78 is 48.8. The number of ether oxygens (including phenoxy) is 2. The molecule has 0 bridgehead atoms. The third kappa shape index (κ3) is 12.9. The minimum atomic E-state index is -4.22. The van der Waals surface area contributed by atoms with Crippen molar-refractivity contribution in [3.8, 4) is 17.9 Å². The number of hydrogen-bond acceptors (Lipinski definition) is 9. The van der Waals surface area contributed by atoms with Crippen LogP contribution < -0.4 is 14.0 Å². The van der Waals surface area contributed by atoms with Crippen LogP contribution in [0.5, 0.6) is 5.75 Å². The molecule has 1 aliphatic carbocycles. The van der Waals surface area contributed by atoms with Crippen molar-refractivity contribution in [2.75, 3.05) is 13.2 Å². The van der Waals surface area contributed by atoms with E-state index >= 15 is 0 Å². The van der Waals surface area contributed by atoms with Gasteiger partial charge in [-0.2, -0.15) is 10.5 Å². The Balaban J connectivity index is 0.000000452. The van der Waals surface area contributed by atoms with Crippen molar-refractivity contribution in [2.45, 2.75) is 77.1 Å². The fourth-order valence-corrected chi connectivity index (χ4v) is 6.33. The van der Waals surface area contributed by atoms with E-state index in [0.717, 1.165) is 55.4 Å². The number of aromatic nitrogens is 2. The van der Waals surface area contributed by atoms with Gasteiger partial charge in [0.05, 0.1) is 41.4 Å². The molecule has 1 N–H and O–H groups in total. The van der Waals surface area contributed by atoms with Crippen molar-refractivity contribution in [2.24, 2.45) is 0 Å². The zero-order valence-corrected chi connectivity index (χ0v) is 29.3. The van der Waals surface area contributed by atoms with Crippen LogP contribution in [-0.2, 0) is 34.6 Å². The molecule has 14 heteroatoms. The molecule has 268 valence electrons. The van der Waals surface area contributed by atoms with Crippen LogP contribution in [0.4, 0.5) is 5.69 Å². The number of nitrogens with zero attached hydrogens (tertiary/aromatic N) is 5. The summed E-state index contributed by atoms with van der Waals surface area (Å²) in [5.41, 5.74) is 3.62. The largest absolute Gasteiger partial charge is 0.735 e. The summed E-state index contributed by atoms with van der Waals surface area (Å²) in [5, 5.41) is 29.6. The molecular formula is C37H42N6O7S. The van der Waals surface area contributed by atoms with Crippen molar-refractivity contribution in [1.29, 1.82) is 10.5 Å². The lowest BCUT2D eigenvalue weighted by atomic mass is 9.96. The number of benzene rings is 3. The molecule has 3 aromatic carbocycles. The van der Waals surface area contributed by atoms with Gasteiger partial charge in [0.1, 0.15) is 37.3 Å². The molecule has 13 nitrogen and oxygen atoms in total. The smallest absolute Gasteiger partial charge is 0.270 e. The second-order valence-electron chi connectivity index (χ2n) is 12.2. The van der Waals surface area contributed by atoms with Gasteiger partial charge in [0.25, 0.3) is 5.69 Å². The average molecular weight is 715 g/mol. The van der Waals surface area contributed by atoms with E-state index < -0.39 is 15.2 Å². The normalized spacial score (nSPS) is 13.6. The first-order chi connectivity index (χ1) is 24.6. The highest BCUT2D eigenvalue weighted by atomic mass is 32.2. The molecule has 0 amide bonds. The van der Waals surface area contributed by atoms with Crippen molar-refractivity contribution in [3.05, 3.63) is 123 Å². The molecule has 1 unspecified atom stereocenters. The molecule has 4 aromatic rings. The van der Waals surface area contributed by atoms with Gasteiger partial charge in [0, 0.05) is 23.7 Å². The van der Waals surface area contributed by atoms with Crippen LogP contribution in [0.2, 0.25) is 0 Å². The highest BCUT2D eigenvalue weighted by Crippen LogP contribution is 2.24. The summed E-state index contributed by atoms with van der Waals surface area (Å²) in [6.07, 6.45) is 12.0. The van der Waals surface area contributed by atoms with Crippen LogP contribution in [0.1, 0.15) is 79.4 Å². The Labute approximate surface area is 298 Å². The van der Waals surface area contributed by atoms with Crippen molar-refractivity contribution >= 4 is 16.0 Å². The standard InChI is InChI=1S/C31H30N5O4.C6H13NO3S/c1-2-16-39-30-11-8-26(9-12-30)31(40-17-13-24-3-5-25(19-32)6-4-24)22-35-15-14-34(23-35)21-27-7-10-29(36(37)38)18-28(27)20-33;8-11(9,10)7-6-4-2-1-3-5-6/h3-12,14-15,18,23,31H,2,13,16-17,21-22H2,1H3;6-7H,1-5H2,(H,8,9,10)/q+1;/p-1. The lowest BCUT2D eigenvalue weighted by Crippen LogP contribution is -2.35. The van der Waals surface area contributed by atoms with Gasteiger partial charge in [0.2, 0.25) is 6.33 Å². The number of rotatable bonds is 15. The maximum atomic E-state index is 11.1. The zero-order valence-electron chi connectivity index (χ0n) is 28.5. The van der Waals surface area contributed by atoms with Gasteiger partial charge in [-0.15, -0.1) is 0 Å². The van der Waals surface area contributed by atoms with Crippen LogP contribution in [0.15, 0.2) is 85.5 Å². The number of nitriles is 2. The van der Waals surface area contributed by atoms with E-state index in [1.165, 1.54) is 12.1 Å². The number of nitro benzene ring substituents is 1. The molecule has 1 fully saturated rings. The fraction of sp³-hybridized carbons (Fsp3) is 0.378. The Morgan fingerprint density at radius 1 is 1.02 bits per heavy atom. The summed E-state index contributed by atoms with van der Waals surface area (Å²) in [7, 11) is -4.22. The van der Waals surface area contributed by atoms with Gasteiger partial charge in [-0.1, -0.05) is 50.5 Å². The minimum Gasteiger partial charge on any atom is -0.735 e. The van der Waals surface area contributed by atoms with E-state index in [1.54, 1.807) is 6.07 Å². The highest BCUT2D eigenvalue weighted by Gasteiger charge is 2.19. The fourth-order valence-electron chi connectivity index (χ4n) is 5.69. The van der Waals surface area contributed by atoms with Crippen LogP contribution >= 0.6 is 0 Å². The van der Waals surface area contributed by atoms with Gasteiger partial charge in [-0.05, 0) is 67.1 Å². The van der Waals surface area contributed by atoms with Crippen molar-refractivity contribution in [3.63, 3.8) is 0 Å². The molecule has 0 radical (unpaired) electrons. The molecular weight excluding hydrogens is 673 g/mol. The molecule has 0 saturated heterocycles. The molecule has 0 aliphatic heterocycles. The SMILES string of the molecule is CCCOc1ccc(C(Cn2cc[n+](Cc3ccc([N+](=O)[O-])cc3C#N)c2)OCCc2ccc(C#N)cc2)cc1.O=S(=O)([O-])NC1CCCCC1. The Bertz CT molecular complexity index is 1910. The van der Waals surface area contributed by atoms with E-state index in [9.17, 15) is 28.3 Å². The number of nitro groups is 1. The van der Waals surface area contributed by atoms with Crippen molar-refractivity contribution < 1.29 is 31.9 Å². The third-order valence-corrected chi connectivity index (χ3v) is 8.96. The Hall–Kier alpha value is -5.12. The van der Waals surface area contributed by atoms with Gasteiger partial charge >= 0.3 is 0 Å². The first-order valence-corrected chi connectivity index (χ1v) is 18.3. The van der Waals surface area contributed by atoms with Gasteiger partial charge in [-0.25, -0.2) is 22.3 Å². The molecule has 1 aromatic heterocycles. The molecule has 1 heterocycles. The lowest BCUT2D eigenvalue weighted by Gasteiger charge is -2.23. The first kappa shape index (κ1) is 38.7. The van der Waals surface area contributed by atoms with Crippen LogP contribution in [0, 0.1) is 32.8 Å². The summed E-state index contributed by atoms with van der Waals surface area (Å²) in [6.45, 7) is 4.19. The van der Waals surface area contributed by atoms with E-state index in [4.69, 9.17) is 14.7 Å². The second-order valence-corrected chi connectivity index (χ2v) is 13.4. The summed E-state index contributed by atoms with van der Waals surface area (Å²) in [4.78, 5) is 10.6. The Morgan fingerprint density at radius 3 is 2.37 bits per heavy atom. The van der Waals surface area contributed by atoms with Crippen LogP contribution in [-0.4, -0.2) is 41.7 Å². The third-order valence-electron chi connectivity index (χ3n) is 8.33. The monoisotopic (exact) mass is 714 g/mol. The minimum absolute atomic E-state index is 0.102. The maximum absolute atomic E-state index is 11.1. The summed E-state index contributed by atoms with van der Waals surface area (Å²) >= 11 is 0. The van der Waals surface area contributed by atoms with Crippen LogP contribution in [0.25, 0.3) is 0 Å². The lowest BCUT2D eigenvalue weighted by molar-refractivity contribution is -0.687. The van der Waals surface area contributed by atoms with Gasteiger partial charge < -0.3 is 14.0 Å². The van der Waals surface area contributed by atoms with Gasteiger partial charge in [-0.3, -0.25) is 10.1 Å². The van der Waals surface area contributed by atoms with Crippen molar-refractivity contribution in [1.82, 2.24) is 9.29 Å². The molecule has 1 aliphatic rings. The predicted octanol–water partition coefficient (Wildman–Crippen LogP) is 5.63. The molecule has 1 saturated carbocycles. The maximum Gasteiger partial charge on any atom is 0.270 e. The number of non-ortho nitro benzene ring substituents is 1. The molecule has 1 atom stereocenters. The Kier molecular flexibility index (Phi) is 14.7. The number of nitrogens with one attached hydrogen (secondary N) is 1. The van der Waals surface area contributed by atoms with Gasteiger partial charge in [0.15, 0.2) is 10.3 Å².